The fraction of sp³-hybridized carbons (Fsp3) is 0.560. The minimum Gasteiger partial charge on any atom is -0.504 e. The van der Waals surface area contributed by atoms with Crippen molar-refractivity contribution in [2.45, 2.75) is 65.1 Å². The first-order valence-corrected chi connectivity index (χ1v) is 10.8. The number of phenolic OH excluding ortho intramolecular Hbond substituents is 1. The summed E-state index contributed by atoms with van der Waals surface area (Å²) in [6.45, 7) is 8.06. The van der Waals surface area contributed by atoms with Crippen molar-refractivity contribution >= 4 is 12.0 Å². The molecule has 1 aromatic rings. The van der Waals surface area contributed by atoms with Crippen LogP contribution in [0.5, 0.6) is 11.5 Å². The standard InChI is InChI=1S/C25H34O5/c1-15-6-9-18-16(2)12-22(20(14-19(15)18)25(3,4)28)30-24(27)11-8-17-7-10-21(26)23(13-17)29-5/h7-8,10-11,13,15,19-20,22,26,28H,6,9,12,14H2,1-5H3. The van der Waals surface area contributed by atoms with Crippen LogP contribution in [0.3, 0.4) is 0 Å². The summed E-state index contributed by atoms with van der Waals surface area (Å²) in [4.78, 5) is 12.6. The average molecular weight is 415 g/mol. The molecule has 0 spiro atoms. The monoisotopic (exact) mass is 414 g/mol. The van der Waals surface area contributed by atoms with Crippen LogP contribution < -0.4 is 4.74 Å². The summed E-state index contributed by atoms with van der Waals surface area (Å²) in [6.07, 6.45) is 6.49. The number of hydrogen-bond acceptors (Lipinski definition) is 5. The Hall–Kier alpha value is -2.27. The third-order valence-electron chi connectivity index (χ3n) is 6.81. The van der Waals surface area contributed by atoms with Gasteiger partial charge in [-0.15, -0.1) is 0 Å². The molecule has 2 aliphatic carbocycles. The molecular weight excluding hydrogens is 380 g/mol. The molecule has 2 aliphatic rings. The lowest BCUT2D eigenvalue weighted by molar-refractivity contribution is -0.151. The Labute approximate surface area is 179 Å². The number of aromatic hydroxyl groups is 1. The highest BCUT2D eigenvalue weighted by molar-refractivity contribution is 5.87. The zero-order chi connectivity index (χ0) is 22.1. The van der Waals surface area contributed by atoms with Crippen molar-refractivity contribution in [2.24, 2.45) is 17.8 Å². The number of allylic oxidation sites excluding steroid dienone is 1. The van der Waals surface area contributed by atoms with Gasteiger partial charge in [-0.2, -0.15) is 0 Å². The van der Waals surface area contributed by atoms with Gasteiger partial charge in [0.2, 0.25) is 0 Å². The van der Waals surface area contributed by atoms with Gasteiger partial charge in [-0.25, -0.2) is 4.79 Å². The molecule has 0 saturated heterocycles. The molecule has 2 N–H and O–H groups in total. The number of benzene rings is 1. The van der Waals surface area contributed by atoms with E-state index < -0.39 is 11.6 Å². The van der Waals surface area contributed by atoms with Crippen molar-refractivity contribution in [3.8, 4) is 11.5 Å². The summed E-state index contributed by atoms with van der Waals surface area (Å²) in [5, 5.41) is 20.6. The second-order valence-corrected chi connectivity index (χ2v) is 9.37. The highest BCUT2D eigenvalue weighted by atomic mass is 16.5. The molecule has 1 fully saturated rings. The quantitative estimate of drug-likeness (QED) is 0.408. The number of carbonyl (C=O) groups excluding carboxylic acids is 1. The van der Waals surface area contributed by atoms with Crippen LogP contribution in [0.15, 0.2) is 35.4 Å². The van der Waals surface area contributed by atoms with E-state index in [0.29, 0.717) is 24.0 Å². The fourth-order valence-electron chi connectivity index (χ4n) is 5.04. The number of aliphatic hydroxyl groups is 1. The molecule has 164 valence electrons. The van der Waals surface area contributed by atoms with Gasteiger partial charge in [0, 0.05) is 18.4 Å². The first kappa shape index (κ1) is 22.4. The molecule has 0 radical (unpaired) electrons. The smallest absolute Gasteiger partial charge is 0.331 e. The van der Waals surface area contributed by atoms with Crippen LogP contribution in [-0.2, 0) is 9.53 Å². The van der Waals surface area contributed by atoms with Crippen molar-refractivity contribution in [1.29, 1.82) is 0 Å². The van der Waals surface area contributed by atoms with E-state index >= 15 is 0 Å². The van der Waals surface area contributed by atoms with Gasteiger partial charge in [0.25, 0.3) is 0 Å². The number of esters is 1. The predicted octanol–water partition coefficient (Wildman–Crippen LogP) is 4.87. The molecule has 5 nitrogen and oxygen atoms in total. The van der Waals surface area contributed by atoms with E-state index in [1.807, 2.05) is 13.8 Å². The number of hydrogen-bond donors (Lipinski definition) is 2. The number of carbonyl (C=O) groups is 1. The molecule has 4 unspecified atom stereocenters. The van der Waals surface area contributed by atoms with Gasteiger partial charge in [-0.05, 0) is 75.6 Å². The van der Waals surface area contributed by atoms with E-state index in [0.717, 1.165) is 18.4 Å². The molecule has 4 atom stereocenters. The number of rotatable bonds is 5. The lowest BCUT2D eigenvalue weighted by Gasteiger charge is -2.36. The molecule has 1 saturated carbocycles. The Kier molecular flexibility index (Phi) is 6.61. The van der Waals surface area contributed by atoms with Crippen LogP contribution in [-0.4, -0.2) is 35.0 Å². The Balaban J connectivity index is 1.77. The number of methoxy groups -OCH3 is 1. The summed E-state index contributed by atoms with van der Waals surface area (Å²) in [5.74, 6) is 0.899. The zero-order valence-electron chi connectivity index (χ0n) is 18.6. The van der Waals surface area contributed by atoms with Crippen LogP contribution in [0.4, 0.5) is 0 Å². The molecule has 0 aliphatic heterocycles. The normalized spacial score (nSPS) is 27.1. The van der Waals surface area contributed by atoms with Crippen LogP contribution in [0.2, 0.25) is 0 Å². The number of ether oxygens (including phenoxy) is 2. The fourth-order valence-corrected chi connectivity index (χ4v) is 5.04. The van der Waals surface area contributed by atoms with Crippen LogP contribution >= 0.6 is 0 Å². The largest absolute Gasteiger partial charge is 0.504 e. The first-order chi connectivity index (χ1) is 14.1. The van der Waals surface area contributed by atoms with Crippen molar-refractivity contribution in [3.63, 3.8) is 0 Å². The minimum absolute atomic E-state index is 0.0481. The second kappa shape index (κ2) is 8.84. The number of fused-ring (bicyclic) bond motifs is 1. The summed E-state index contributed by atoms with van der Waals surface area (Å²) < 4.78 is 11.0. The van der Waals surface area contributed by atoms with Gasteiger partial charge >= 0.3 is 5.97 Å². The Morgan fingerprint density at radius 2 is 2.03 bits per heavy atom. The molecule has 0 heterocycles. The highest BCUT2D eigenvalue weighted by Gasteiger charge is 2.43. The Bertz CT molecular complexity index is 846. The predicted molar refractivity (Wildman–Crippen MR) is 117 cm³/mol. The molecule has 0 bridgehead atoms. The van der Waals surface area contributed by atoms with Crippen molar-refractivity contribution < 1.29 is 24.5 Å². The van der Waals surface area contributed by atoms with Crippen LogP contribution in [0, 0.1) is 17.8 Å². The molecule has 1 aromatic carbocycles. The topological polar surface area (TPSA) is 76.0 Å². The maximum absolute atomic E-state index is 12.6. The highest BCUT2D eigenvalue weighted by Crippen LogP contribution is 2.48. The van der Waals surface area contributed by atoms with E-state index in [1.165, 1.54) is 36.8 Å². The maximum Gasteiger partial charge on any atom is 0.331 e. The molecule has 0 aromatic heterocycles. The Morgan fingerprint density at radius 3 is 2.70 bits per heavy atom. The van der Waals surface area contributed by atoms with E-state index in [1.54, 1.807) is 18.2 Å². The Morgan fingerprint density at radius 1 is 1.30 bits per heavy atom. The lowest BCUT2D eigenvalue weighted by atomic mass is 9.77. The summed E-state index contributed by atoms with van der Waals surface area (Å²) in [7, 11) is 1.48. The van der Waals surface area contributed by atoms with Crippen LogP contribution in [0.1, 0.15) is 58.9 Å². The van der Waals surface area contributed by atoms with Gasteiger partial charge in [0.15, 0.2) is 11.5 Å². The minimum atomic E-state index is -0.934. The van der Waals surface area contributed by atoms with E-state index in [-0.39, 0.29) is 17.8 Å². The van der Waals surface area contributed by atoms with E-state index in [4.69, 9.17) is 9.47 Å². The van der Waals surface area contributed by atoms with Gasteiger partial charge in [-0.1, -0.05) is 24.1 Å². The lowest BCUT2D eigenvalue weighted by Crippen LogP contribution is -2.42. The summed E-state index contributed by atoms with van der Waals surface area (Å²) >= 11 is 0. The van der Waals surface area contributed by atoms with Gasteiger partial charge < -0.3 is 19.7 Å². The van der Waals surface area contributed by atoms with Crippen LogP contribution in [0.25, 0.3) is 6.08 Å². The maximum atomic E-state index is 12.6. The molecular formula is C25H34O5. The first-order valence-electron chi connectivity index (χ1n) is 10.8. The number of phenols is 1. The van der Waals surface area contributed by atoms with Crippen molar-refractivity contribution in [2.75, 3.05) is 7.11 Å². The zero-order valence-corrected chi connectivity index (χ0v) is 18.6. The molecule has 0 amide bonds. The van der Waals surface area contributed by atoms with Gasteiger partial charge in [0.05, 0.1) is 12.7 Å². The van der Waals surface area contributed by atoms with Crippen molar-refractivity contribution in [3.05, 3.63) is 41.0 Å². The molecule has 3 rings (SSSR count). The SMILES string of the molecule is COc1cc(C=CC(=O)OC2CC(C)=C3CCC(C)C3CC2C(C)(C)O)ccc1O. The van der Waals surface area contributed by atoms with E-state index in [2.05, 4.69) is 13.8 Å². The average Bonchev–Trinajstić information content (AvgIpc) is 2.97. The van der Waals surface area contributed by atoms with E-state index in [9.17, 15) is 15.0 Å². The van der Waals surface area contributed by atoms with Gasteiger partial charge in [-0.3, -0.25) is 0 Å². The van der Waals surface area contributed by atoms with Crippen molar-refractivity contribution in [1.82, 2.24) is 0 Å². The molecule has 5 heteroatoms. The molecule has 30 heavy (non-hydrogen) atoms. The summed E-state index contributed by atoms with van der Waals surface area (Å²) in [5.41, 5.74) is 2.60. The summed E-state index contributed by atoms with van der Waals surface area (Å²) in [6, 6.07) is 4.88. The van der Waals surface area contributed by atoms with Gasteiger partial charge in [0.1, 0.15) is 6.10 Å². The second-order valence-electron chi connectivity index (χ2n) is 9.37. The third-order valence-corrected chi connectivity index (χ3v) is 6.81. The third kappa shape index (κ3) is 4.89.